The lowest BCUT2D eigenvalue weighted by atomic mass is 9.99. The molecule has 19 heavy (non-hydrogen) atoms. The van der Waals surface area contributed by atoms with Crippen molar-refractivity contribution in [3.8, 4) is 11.1 Å². The second-order valence-corrected chi connectivity index (χ2v) is 4.84. The molecule has 3 N–H and O–H groups in total. The number of hydrogen-bond donors (Lipinski definition) is 2. The van der Waals surface area contributed by atoms with Gasteiger partial charge in [0.05, 0.1) is 0 Å². The van der Waals surface area contributed by atoms with Crippen molar-refractivity contribution in [1.29, 1.82) is 0 Å². The maximum Gasteiger partial charge on any atom is 0.0295 e. The second kappa shape index (κ2) is 7.07. The first-order chi connectivity index (χ1) is 9.31. The van der Waals surface area contributed by atoms with Crippen LogP contribution in [0.2, 0.25) is 0 Å². The van der Waals surface area contributed by atoms with E-state index in [9.17, 15) is 0 Å². The van der Waals surface area contributed by atoms with Crippen LogP contribution in [-0.2, 0) is 0 Å². The van der Waals surface area contributed by atoms with Crippen LogP contribution < -0.4 is 11.1 Å². The van der Waals surface area contributed by atoms with E-state index in [1.807, 2.05) is 13.1 Å². The summed E-state index contributed by atoms with van der Waals surface area (Å²) in [6.45, 7) is 1.02. The van der Waals surface area contributed by atoms with Gasteiger partial charge in [-0.2, -0.15) is 0 Å². The average Bonchev–Trinajstić information content (AvgIpc) is 2.48. The lowest BCUT2D eigenvalue weighted by molar-refractivity contribution is 0.591. The Morgan fingerprint density at radius 3 is 2.21 bits per heavy atom. The molecular weight excluding hydrogens is 232 g/mol. The largest absolute Gasteiger partial charge is 0.324 e. The predicted octanol–water partition coefficient (Wildman–Crippen LogP) is 3.35. The molecule has 100 valence electrons. The van der Waals surface area contributed by atoms with Crippen LogP contribution in [0.3, 0.4) is 0 Å². The average molecular weight is 254 g/mol. The van der Waals surface area contributed by atoms with Crippen LogP contribution in [-0.4, -0.2) is 13.6 Å². The molecule has 0 fully saturated rings. The highest BCUT2D eigenvalue weighted by molar-refractivity contribution is 5.63. The fourth-order valence-electron chi connectivity index (χ4n) is 2.22. The van der Waals surface area contributed by atoms with Crippen molar-refractivity contribution in [3.63, 3.8) is 0 Å². The van der Waals surface area contributed by atoms with Gasteiger partial charge in [-0.05, 0) is 43.1 Å². The summed E-state index contributed by atoms with van der Waals surface area (Å²) in [6.07, 6.45) is 2.13. The van der Waals surface area contributed by atoms with Gasteiger partial charge in [0.25, 0.3) is 0 Å². The van der Waals surface area contributed by atoms with Crippen LogP contribution in [0.15, 0.2) is 54.6 Å². The molecule has 0 heterocycles. The molecule has 0 radical (unpaired) electrons. The molecule has 0 bridgehead atoms. The summed E-state index contributed by atoms with van der Waals surface area (Å²) in [4.78, 5) is 0. The smallest absolute Gasteiger partial charge is 0.0295 e. The van der Waals surface area contributed by atoms with E-state index in [2.05, 4.69) is 53.8 Å². The highest BCUT2D eigenvalue weighted by atomic mass is 14.8. The Hall–Kier alpha value is -1.64. The molecule has 0 aromatic heterocycles. The van der Waals surface area contributed by atoms with Crippen molar-refractivity contribution < 1.29 is 0 Å². The van der Waals surface area contributed by atoms with Gasteiger partial charge in [-0.1, -0.05) is 54.6 Å². The van der Waals surface area contributed by atoms with Crippen LogP contribution in [0.1, 0.15) is 24.4 Å². The summed E-state index contributed by atoms with van der Waals surface area (Å²) in [5.74, 6) is 0. The van der Waals surface area contributed by atoms with Crippen molar-refractivity contribution in [1.82, 2.24) is 5.32 Å². The maximum atomic E-state index is 6.20. The molecule has 1 unspecified atom stereocenters. The van der Waals surface area contributed by atoms with E-state index < -0.39 is 0 Å². The third kappa shape index (κ3) is 3.91. The Kier molecular flexibility index (Phi) is 5.13. The van der Waals surface area contributed by atoms with Crippen molar-refractivity contribution in [2.75, 3.05) is 13.6 Å². The van der Waals surface area contributed by atoms with Gasteiger partial charge in [0.1, 0.15) is 0 Å². The van der Waals surface area contributed by atoms with Gasteiger partial charge in [-0.15, -0.1) is 0 Å². The normalized spacial score (nSPS) is 12.3. The topological polar surface area (TPSA) is 38.0 Å². The van der Waals surface area contributed by atoms with Crippen LogP contribution >= 0.6 is 0 Å². The van der Waals surface area contributed by atoms with E-state index in [0.29, 0.717) is 0 Å². The molecule has 0 amide bonds. The molecule has 2 aromatic rings. The Bertz CT molecular complexity index is 476. The summed E-state index contributed by atoms with van der Waals surface area (Å²) in [7, 11) is 1.97. The third-order valence-corrected chi connectivity index (χ3v) is 3.39. The molecule has 2 aromatic carbocycles. The van der Waals surface area contributed by atoms with Gasteiger partial charge in [-0.25, -0.2) is 0 Å². The molecule has 0 aliphatic rings. The first-order valence-corrected chi connectivity index (χ1v) is 6.87. The SMILES string of the molecule is CNCCCC(N)c1ccc(-c2ccccc2)cc1. The summed E-state index contributed by atoms with van der Waals surface area (Å²) in [6, 6.07) is 19.2. The summed E-state index contributed by atoms with van der Waals surface area (Å²) in [5.41, 5.74) is 9.91. The summed E-state index contributed by atoms with van der Waals surface area (Å²) < 4.78 is 0. The van der Waals surface area contributed by atoms with E-state index in [1.165, 1.54) is 16.7 Å². The molecule has 0 aliphatic carbocycles. The van der Waals surface area contributed by atoms with E-state index in [0.717, 1.165) is 19.4 Å². The van der Waals surface area contributed by atoms with Crippen molar-refractivity contribution in [2.45, 2.75) is 18.9 Å². The molecular formula is C17H22N2. The van der Waals surface area contributed by atoms with E-state index in [1.54, 1.807) is 0 Å². The van der Waals surface area contributed by atoms with Gasteiger partial charge in [0.15, 0.2) is 0 Å². The molecule has 0 saturated carbocycles. The minimum atomic E-state index is 0.137. The zero-order valence-electron chi connectivity index (χ0n) is 11.5. The summed E-state index contributed by atoms with van der Waals surface area (Å²) in [5, 5.41) is 3.15. The number of nitrogens with two attached hydrogens (primary N) is 1. The minimum absolute atomic E-state index is 0.137. The lowest BCUT2D eigenvalue weighted by Gasteiger charge is -2.12. The lowest BCUT2D eigenvalue weighted by Crippen LogP contribution is -2.14. The Morgan fingerprint density at radius 2 is 1.58 bits per heavy atom. The number of rotatable bonds is 6. The van der Waals surface area contributed by atoms with Gasteiger partial charge < -0.3 is 11.1 Å². The zero-order valence-corrected chi connectivity index (χ0v) is 11.5. The second-order valence-electron chi connectivity index (χ2n) is 4.84. The molecule has 0 aliphatic heterocycles. The fraction of sp³-hybridized carbons (Fsp3) is 0.294. The molecule has 2 heteroatoms. The predicted molar refractivity (Wildman–Crippen MR) is 82.0 cm³/mol. The number of nitrogens with one attached hydrogen (secondary N) is 1. The highest BCUT2D eigenvalue weighted by Crippen LogP contribution is 2.22. The van der Waals surface area contributed by atoms with Gasteiger partial charge in [-0.3, -0.25) is 0 Å². The van der Waals surface area contributed by atoms with E-state index in [-0.39, 0.29) is 6.04 Å². The van der Waals surface area contributed by atoms with E-state index >= 15 is 0 Å². The minimum Gasteiger partial charge on any atom is -0.324 e. The van der Waals surface area contributed by atoms with Crippen molar-refractivity contribution >= 4 is 0 Å². The first kappa shape index (κ1) is 13.8. The third-order valence-electron chi connectivity index (χ3n) is 3.39. The Morgan fingerprint density at radius 1 is 0.947 bits per heavy atom. The molecule has 0 spiro atoms. The summed E-state index contributed by atoms with van der Waals surface area (Å²) >= 11 is 0. The standard InChI is InChI=1S/C17H22N2/c1-19-13-5-8-17(18)16-11-9-15(10-12-16)14-6-3-2-4-7-14/h2-4,6-7,9-12,17,19H,5,8,13,18H2,1H3. The number of benzene rings is 2. The quantitative estimate of drug-likeness (QED) is 0.776. The zero-order chi connectivity index (χ0) is 13.5. The highest BCUT2D eigenvalue weighted by Gasteiger charge is 2.05. The molecule has 2 nitrogen and oxygen atoms in total. The van der Waals surface area contributed by atoms with Crippen LogP contribution in [0.25, 0.3) is 11.1 Å². The van der Waals surface area contributed by atoms with Crippen LogP contribution in [0, 0.1) is 0 Å². The first-order valence-electron chi connectivity index (χ1n) is 6.87. The van der Waals surface area contributed by atoms with Gasteiger partial charge in [0.2, 0.25) is 0 Å². The van der Waals surface area contributed by atoms with Crippen LogP contribution in [0.5, 0.6) is 0 Å². The Balaban J connectivity index is 2.02. The fourth-order valence-corrected chi connectivity index (χ4v) is 2.22. The number of hydrogen-bond acceptors (Lipinski definition) is 2. The van der Waals surface area contributed by atoms with Crippen LogP contribution in [0.4, 0.5) is 0 Å². The molecule has 1 atom stereocenters. The maximum absolute atomic E-state index is 6.20. The van der Waals surface area contributed by atoms with Crippen molar-refractivity contribution in [3.05, 3.63) is 60.2 Å². The van der Waals surface area contributed by atoms with Gasteiger partial charge in [0, 0.05) is 6.04 Å². The van der Waals surface area contributed by atoms with E-state index in [4.69, 9.17) is 5.73 Å². The van der Waals surface area contributed by atoms with Gasteiger partial charge >= 0.3 is 0 Å². The Labute approximate surface area is 115 Å². The molecule has 0 saturated heterocycles. The molecule has 2 rings (SSSR count). The monoisotopic (exact) mass is 254 g/mol. The van der Waals surface area contributed by atoms with Crippen molar-refractivity contribution in [2.24, 2.45) is 5.73 Å².